The molecule has 1 fully saturated rings. The topological polar surface area (TPSA) is 124 Å². The van der Waals surface area contributed by atoms with E-state index >= 15 is 0 Å². The first-order chi connectivity index (χ1) is 17.0. The van der Waals surface area contributed by atoms with Gasteiger partial charge in [0, 0.05) is 23.7 Å². The highest BCUT2D eigenvalue weighted by molar-refractivity contribution is 6.00. The lowest BCUT2D eigenvalue weighted by molar-refractivity contribution is 0.100. The number of nitrogens with one attached hydrogen (secondary N) is 2. The molecule has 5 rings (SSSR count). The molecular formula is C26H28FN7O. The molecule has 0 bridgehead atoms. The van der Waals surface area contributed by atoms with E-state index in [1.807, 2.05) is 59.4 Å². The van der Waals surface area contributed by atoms with Crippen molar-refractivity contribution in [3.63, 3.8) is 0 Å². The summed E-state index contributed by atoms with van der Waals surface area (Å²) in [6.07, 6.45) is 5.72. The molecule has 0 saturated heterocycles. The highest BCUT2D eigenvalue weighted by Gasteiger charge is 2.24. The number of carbonyl (C=O) groups excluding carboxylic acids is 1. The minimum absolute atomic E-state index is 0.0327. The summed E-state index contributed by atoms with van der Waals surface area (Å²) in [4.78, 5) is 16.5. The van der Waals surface area contributed by atoms with Crippen molar-refractivity contribution in [2.75, 3.05) is 10.6 Å². The molecule has 1 aliphatic carbocycles. The Hall–Kier alpha value is -3.98. The number of halogens is 1. The van der Waals surface area contributed by atoms with Gasteiger partial charge in [0.25, 0.3) is 5.91 Å². The molecule has 0 spiro atoms. The lowest BCUT2D eigenvalue weighted by atomic mass is 9.91. The van der Waals surface area contributed by atoms with Crippen molar-refractivity contribution in [2.45, 2.75) is 44.3 Å². The molecule has 180 valence electrons. The van der Waals surface area contributed by atoms with E-state index < -0.39 is 11.7 Å². The van der Waals surface area contributed by atoms with Crippen molar-refractivity contribution in [1.82, 2.24) is 14.8 Å². The smallest absolute Gasteiger partial charge is 0.252 e. The average molecular weight is 474 g/mol. The van der Waals surface area contributed by atoms with Gasteiger partial charge in [0.05, 0.1) is 23.3 Å². The minimum Gasteiger partial charge on any atom is -0.365 e. The van der Waals surface area contributed by atoms with Crippen LogP contribution < -0.4 is 22.1 Å². The Labute approximate surface area is 202 Å². The summed E-state index contributed by atoms with van der Waals surface area (Å²) >= 11 is 0. The maximum atomic E-state index is 14.9. The van der Waals surface area contributed by atoms with Gasteiger partial charge in [-0.05, 0) is 36.6 Å². The molecule has 6 N–H and O–H groups in total. The zero-order valence-electron chi connectivity index (χ0n) is 19.2. The van der Waals surface area contributed by atoms with Gasteiger partial charge in [-0.15, -0.1) is 0 Å². The quantitative estimate of drug-likeness (QED) is 0.320. The number of nitrogens with two attached hydrogens (primary N) is 2. The van der Waals surface area contributed by atoms with Crippen LogP contribution in [0.15, 0.2) is 60.8 Å². The lowest BCUT2D eigenvalue weighted by Gasteiger charge is -2.30. The molecule has 1 amide bonds. The third-order valence-corrected chi connectivity index (χ3v) is 6.42. The van der Waals surface area contributed by atoms with E-state index in [1.54, 1.807) is 0 Å². The molecule has 1 aliphatic rings. The highest BCUT2D eigenvalue weighted by Crippen LogP contribution is 2.30. The van der Waals surface area contributed by atoms with Crippen molar-refractivity contribution in [3.05, 3.63) is 77.7 Å². The van der Waals surface area contributed by atoms with Crippen LogP contribution in [0.25, 0.3) is 10.9 Å². The Kier molecular flexibility index (Phi) is 6.33. The fraction of sp³-hybridized carbons (Fsp3) is 0.269. The van der Waals surface area contributed by atoms with E-state index in [4.69, 9.17) is 11.5 Å². The van der Waals surface area contributed by atoms with E-state index in [2.05, 4.69) is 20.7 Å². The minimum atomic E-state index is -0.772. The van der Waals surface area contributed by atoms with Crippen LogP contribution in [-0.2, 0) is 6.54 Å². The summed E-state index contributed by atoms with van der Waals surface area (Å²) < 4.78 is 16.7. The summed E-state index contributed by atoms with van der Waals surface area (Å²) in [7, 11) is 0. The van der Waals surface area contributed by atoms with E-state index in [1.165, 1.54) is 0 Å². The Balaban J connectivity index is 1.47. The molecule has 0 radical (unpaired) electrons. The van der Waals surface area contributed by atoms with Gasteiger partial charge in [-0.25, -0.2) is 9.37 Å². The molecule has 2 atom stereocenters. The molecule has 0 aliphatic heterocycles. The van der Waals surface area contributed by atoms with Gasteiger partial charge in [-0.1, -0.05) is 49.2 Å². The van der Waals surface area contributed by atoms with E-state index in [0.717, 1.165) is 48.2 Å². The summed E-state index contributed by atoms with van der Waals surface area (Å²) in [6.45, 7) is 0.617. The van der Waals surface area contributed by atoms with Crippen LogP contribution >= 0.6 is 0 Å². The van der Waals surface area contributed by atoms with Gasteiger partial charge < -0.3 is 22.1 Å². The summed E-state index contributed by atoms with van der Waals surface area (Å²) in [5, 5.41) is 11.8. The van der Waals surface area contributed by atoms with Crippen molar-refractivity contribution in [2.24, 2.45) is 11.5 Å². The van der Waals surface area contributed by atoms with Crippen LogP contribution in [0, 0.1) is 5.82 Å². The van der Waals surface area contributed by atoms with Gasteiger partial charge in [0.2, 0.25) is 0 Å². The van der Waals surface area contributed by atoms with E-state index in [0.29, 0.717) is 12.2 Å². The molecule has 2 unspecified atom stereocenters. The largest absolute Gasteiger partial charge is 0.365 e. The first kappa shape index (κ1) is 22.8. The molecule has 1 saturated carbocycles. The molecule has 4 aromatic rings. The SMILES string of the molecule is NC(=O)c1cc(F)c(NC2CCCCC2N)nc1Nc1cccc2nn(Cc3ccccc3)cc12. The Morgan fingerprint density at radius 3 is 2.66 bits per heavy atom. The van der Waals surface area contributed by atoms with Crippen molar-refractivity contribution >= 4 is 34.1 Å². The van der Waals surface area contributed by atoms with Gasteiger partial charge in [0.15, 0.2) is 11.6 Å². The molecule has 2 heterocycles. The number of benzene rings is 2. The highest BCUT2D eigenvalue weighted by atomic mass is 19.1. The average Bonchev–Trinajstić information content (AvgIpc) is 3.26. The summed E-state index contributed by atoms with van der Waals surface area (Å²) in [5.74, 6) is -1.19. The van der Waals surface area contributed by atoms with Crippen LogP contribution in [0.1, 0.15) is 41.6 Å². The molecule has 9 heteroatoms. The second-order valence-corrected chi connectivity index (χ2v) is 8.95. The fourth-order valence-corrected chi connectivity index (χ4v) is 4.57. The number of aromatic nitrogens is 3. The second kappa shape index (κ2) is 9.71. The second-order valence-electron chi connectivity index (χ2n) is 8.95. The zero-order valence-corrected chi connectivity index (χ0v) is 19.2. The monoisotopic (exact) mass is 473 g/mol. The predicted octanol–water partition coefficient (Wildman–Crippen LogP) is 4.14. The zero-order chi connectivity index (χ0) is 24.4. The maximum Gasteiger partial charge on any atom is 0.252 e. The molecule has 35 heavy (non-hydrogen) atoms. The Morgan fingerprint density at radius 2 is 1.89 bits per heavy atom. The van der Waals surface area contributed by atoms with Crippen LogP contribution in [0.2, 0.25) is 0 Å². The number of hydrogen-bond donors (Lipinski definition) is 4. The number of hydrogen-bond acceptors (Lipinski definition) is 6. The summed E-state index contributed by atoms with van der Waals surface area (Å²) in [5.41, 5.74) is 14.3. The molecular weight excluding hydrogens is 445 g/mol. The Morgan fingerprint density at radius 1 is 1.09 bits per heavy atom. The van der Waals surface area contributed by atoms with Crippen LogP contribution in [-0.4, -0.2) is 32.8 Å². The van der Waals surface area contributed by atoms with Crippen molar-refractivity contribution in [1.29, 1.82) is 0 Å². The number of rotatable bonds is 7. The number of primary amides is 1. The number of nitrogens with zero attached hydrogens (tertiary/aromatic N) is 3. The molecule has 2 aromatic heterocycles. The number of anilines is 3. The Bertz CT molecular complexity index is 1350. The van der Waals surface area contributed by atoms with Gasteiger partial charge >= 0.3 is 0 Å². The molecule has 2 aromatic carbocycles. The van der Waals surface area contributed by atoms with Crippen LogP contribution in [0.3, 0.4) is 0 Å². The van der Waals surface area contributed by atoms with Gasteiger partial charge in [-0.3, -0.25) is 9.48 Å². The van der Waals surface area contributed by atoms with Crippen LogP contribution in [0.4, 0.5) is 21.7 Å². The van der Waals surface area contributed by atoms with Crippen LogP contribution in [0.5, 0.6) is 0 Å². The number of pyridine rings is 1. The van der Waals surface area contributed by atoms with E-state index in [9.17, 15) is 9.18 Å². The normalized spacial score (nSPS) is 17.9. The fourth-order valence-electron chi connectivity index (χ4n) is 4.57. The number of carbonyl (C=O) groups is 1. The lowest BCUT2D eigenvalue weighted by Crippen LogP contribution is -2.43. The van der Waals surface area contributed by atoms with Crippen molar-refractivity contribution < 1.29 is 9.18 Å². The first-order valence-electron chi connectivity index (χ1n) is 11.8. The number of amides is 1. The molecule has 8 nitrogen and oxygen atoms in total. The van der Waals surface area contributed by atoms with Gasteiger partial charge in [0.1, 0.15) is 5.82 Å². The third-order valence-electron chi connectivity index (χ3n) is 6.42. The first-order valence-corrected chi connectivity index (χ1v) is 11.8. The standard InChI is InChI=1S/C26H28FN7O/c27-19-13-17(24(29)35)25(32-26(19)31-23-10-5-4-9-20(23)28)30-21-11-6-12-22-18(21)15-34(33-22)14-16-7-2-1-3-8-16/h1-3,6-8,11-13,15,20,23H,4-5,9-10,14,28H2,(H2,29,35)(H2,30,31,32). The third kappa shape index (κ3) is 4.95. The predicted molar refractivity (Wildman–Crippen MR) is 135 cm³/mol. The van der Waals surface area contributed by atoms with Crippen molar-refractivity contribution in [3.8, 4) is 0 Å². The van der Waals surface area contributed by atoms with E-state index in [-0.39, 0.29) is 29.3 Å². The maximum absolute atomic E-state index is 14.9. The van der Waals surface area contributed by atoms with Gasteiger partial charge in [-0.2, -0.15) is 5.10 Å². The number of fused-ring (bicyclic) bond motifs is 1. The summed E-state index contributed by atoms with van der Waals surface area (Å²) in [6, 6.07) is 16.6.